The van der Waals surface area contributed by atoms with Crippen molar-refractivity contribution in [3.63, 3.8) is 0 Å². The van der Waals surface area contributed by atoms with E-state index in [-0.39, 0.29) is 22.9 Å². The lowest BCUT2D eigenvalue weighted by atomic mass is 10.2. The zero-order valence-corrected chi connectivity index (χ0v) is 17.0. The van der Waals surface area contributed by atoms with Crippen LogP contribution in [0.3, 0.4) is 0 Å². The van der Waals surface area contributed by atoms with Gasteiger partial charge in [0.05, 0.1) is 18.6 Å². The standard InChI is InChI=1S/C19H23N3O5S/c1-21(2)28(25,26)17-11-5-14(6-12-17)19(24)22(3)13-18(23)20-15-7-9-16(27-4)10-8-15/h5-12H,13H2,1-4H3,(H,20,23). The third-order valence-electron chi connectivity index (χ3n) is 3.98. The Hall–Kier alpha value is -2.91. The average molecular weight is 405 g/mol. The molecule has 0 atom stereocenters. The minimum Gasteiger partial charge on any atom is -0.497 e. The molecule has 2 amide bonds. The maximum absolute atomic E-state index is 12.5. The highest BCUT2D eigenvalue weighted by atomic mass is 32.2. The van der Waals surface area contributed by atoms with Gasteiger partial charge in [-0.25, -0.2) is 12.7 Å². The molecule has 2 aromatic carbocycles. The summed E-state index contributed by atoms with van der Waals surface area (Å²) in [7, 11) is 2.36. The summed E-state index contributed by atoms with van der Waals surface area (Å²) in [5.74, 6) is -0.0727. The number of sulfonamides is 1. The Kier molecular flexibility index (Phi) is 6.76. The minimum absolute atomic E-state index is 0.0916. The van der Waals surface area contributed by atoms with Crippen LogP contribution in [0, 0.1) is 0 Å². The fraction of sp³-hybridized carbons (Fsp3) is 0.263. The molecule has 9 heteroatoms. The molecular formula is C19H23N3O5S. The number of benzene rings is 2. The number of methoxy groups -OCH3 is 1. The second kappa shape index (κ2) is 8.85. The highest BCUT2D eigenvalue weighted by molar-refractivity contribution is 7.89. The first-order valence-electron chi connectivity index (χ1n) is 8.37. The van der Waals surface area contributed by atoms with E-state index in [4.69, 9.17) is 4.74 Å². The summed E-state index contributed by atoms with van der Waals surface area (Å²) in [6.45, 7) is -0.150. The average Bonchev–Trinajstić information content (AvgIpc) is 2.67. The van der Waals surface area contributed by atoms with Crippen molar-refractivity contribution < 1.29 is 22.7 Å². The van der Waals surface area contributed by atoms with Crippen molar-refractivity contribution in [1.29, 1.82) is 0 Å². The fourth-order valence-electron chi connectivity index (χ4n) is 2.36. The van der Waals surface area contributed by atoms with E-state index in [1.54, 1.807) is 31.4 Å². The monoisotopic (exact) mass is 405 g/mol. The molecule has 2 aromatic rings. The summed E-state index contributed by atoms with van der Waals surface area (Å²) < 4.78 is 30.3. The molecule has 0 aliphatic rings. The van der Waals surface area contributed by atoms with Crippen molar-refractivity contribution in [1.82, 2.24) is 9.21 Å². The second-order valence-corrected chi connectivity index (χ2v) is 8.40. The number of anilines is 1. The topological polar surface area (TPSA) is 96.0 Å². The second-order valence-electron chi connectivity index (χ2n) is 6.25. The maximum Gasteiger partial charge on any atom is 0.254 e. The number of carbonyl (C=O) groups is 2. The zero-order valence-electron chi connectivity index (χ0n) is 16.2. The molecule has 0 aromatic heterocycles. The van der Waals surface area contributed by atoms with E-state index in [9.17, 15) is 18.0 Å². The van der Waals surface area contributed by atoms with Crippen molar-refractivity contribution in [2.45, 2.75) is 4.90 Å². The van der Waals surface area contributed by atoms with Gasteiger partial charge in [0.25, 0.3) is 5.91 Å². The number of hydrogen-bond donors (Lipinski definition) is 1. The molecule has 2 rings (SSSR count). The normalized spacial score (nSPS) is 11.2. The quantitative estimate of drug-likeness (QED) is 0.756. The summed E-state index contributed by atoms with van der Waals surface area (Å²) >= 11 is 0. The van der Waals surface area contributed by atoms with Gasteiger partial charge in [-0.2, -0.15) is 0 Å². The van der Waals surface area contributed by atoms with Crippen molar-refractivity contribution in [3.05, 3.63) is 54.1 Å². The Bertz CT molecular complexity index is 939. The van der Waals surface area contributed by atoms with Crippen molar-refractivity contribution in [2.24, 2.45) is 0 Å². The first kappa shape index (κ1) is 21.4. The van der Waals surface area contributed by atoms with Gasteiger partial charge in [-0.05, 0) is 48.5 Å². The summed E-state index contributed by atoms with van der Waals surface area (Å²) in [6.07, 6.45) is 0. The molecule has 0 aliphatic heterocycles. The highest BCUT2D eigenvalue weighted by Crippen LogP contribution is 2.16. The van der Waals surface area contributed by atoms with Gasteiger partial charge in [-0.3, -0.25) is 9.59 Å². The first-order valence-corrected chi connectivity index (χ1v) is 9.81. The first-order chi connectivity index (χ1) is 13.1. The van der Waals surface area contributed by atoms with Crippen LogP contribution in [-0.4, -0.2) is 64.2 Å². The Morgan fingerprint density at radius 3 is 2.04 bits per heavy atom. The van der Waals surface area contributed by atoms with Crippen molar-refractivity contribution >= 4 is 27.5 Å². The van der Waals surface area contributed by atoms with Crippen LogP contribution in [0.1, 0.15) is 10.4 Å². The van der Waals surface area contributed by atoms with Crippen LogP contribution >= 0.6 is 0 Å². The molecule has 8 nitrogen and oxygen atoms in total. The third-order valence-corrected chi connectivity index (χ3v) is 5.81. The molecular weight excluding hydrogens is 382 g/mol. The molecule has 1 N–H and O–H groups in total. The Morgan fingerprint density at radius 2 is 1.54 bits per heavy atom. The number of ether oxygens (including phenoxy) is 1. The molecule has 0 saturated carbocycles. The van der Waals surface area contributed by atoms with Gasteiger partial charge in [0, 0.05) is 32.4 Å². The largest absolute Gasteiger partial charge is 0.497 e. The molecule has 150 valence electrons. The van der Waals surface area contributed by atoms with Gasteiger partial charge in [-0.15, -0.1) is 0 Å². The predicted molar refractivity (Wildman–Crippen MR) is 106 cm³/mol. The van der Waals surface area contributed by atoms with Crippen LogP contribution in [0.15, 0.2) is 53.4 Å². The molecule has 0 bridgehead atoms. The molecule has 0 unspecified atom stereocenters. The Balaban J connectivity index is 2.00. The van der Waals surface area contributed by atoms with E-state index in [0.717, 1.165) is 4.31 Å². The number of carbonyl (C=O) groups excluding carboxylic acids is 2. The van der Waals surface area contributed by atoms with Crippen LogP contribution < -0.4 is 10.1 Å². The smallest absolute Gasteiger partial charge is 0.254 e. The molecule has 0 saturated heterocycles. The van der Waals surface area contributed by atoms with Crippen LogP contribution in [0.2, 0.25) is 0 Å². The summed E-state index contributed by atoms with van der Waals surface area (Å²) in [4.78, 5) is 26.0. The number of amides is 2. The summed E-state index contributed by atoms with van der Waals surface area (Å²) in [5.41, 5.74) is 0.877. The molecule has 0 spiro atoms. The highest BCUT2D eigenvalue weighted by Gasteiger charge is 2.19. The lowest BCUT2D eigenvalue weighted by molar-refractivity contribution is -0.116. The lowest BCUT2D eigenvalue weighted by Crippen LogP contribution is -2.35. The van der Waals surface area contributed by atoms with E-state index < -0.39 is 15.9 Å². The number of nitrogens with zero attached hydrogens (tertiary/aromatic N) is 2. The van der Waals surface area contributed by atoms with Gasteiger partial charge in [-0.1, -0.05) is 0 Å². The molecule has 0 radical (unpaired) electrons. The van der Waals surface area contributed by atoms with Gasteiger partial charge in [0.1, 0.15) is 5.75 Å². The van der Waals surface area contributed by atoms with Crippen LogP contribution in [0.25, 0.3) is 0 Å². The molecule has 0 aliphatic carbocycles. The van der Waals surface area contributed by atoms with Gasteiger partial charge in [0.2, 0.25) is 15.9 Å². The van der Waals surface area contributed by atoms with Crippen LogP contribution in [-0.2, 0) is 14.8 Å². The molecule has 0 heterocycles. The van der Waals surface area contributed by atoms with E-state index in [0.29, 0.717) is 11.4 Å². The van der Waals surface area contributed by atoms with E-state index >= 15 is 0 Å². The molecule has 28 heavy (non-hydrogen) atoms. The Labute approximate surface area is 164 Å². The minimum atomic E-state index is -3.56. The van der Waals surface area contributed by atoms with Gasteiger partial charge in [0.15, 0.2) is 0 Å². The van der Waals surface area contributed by atoms with E-state index in [2.05, 4.69) is 5.32 Å². The van der Waals surface area contributed by atoms with Crippen LogP contribution in [0.5, 0.6) is 5.75 Å². The molecule has 0 fully saturated rings. The lowest BCUT2D eigenvalue weighted by Gasteiger charge is -2.17. The van der Waals surface area contributed by atoms with Crippen molar-refractivity contribution in [2.75, 3.05) is 40.1 Å². The van der Waals surface area contributed by atoms with Gasteiger partial charge >= 0.3 is 0 Å². The van der Waals surface area contributed by atoms with Crippen molar-refractivity contribution in [3.8, 4) is 5.75 Å². The predicted octanol–water partition coefficient (Wildman–Crippen LogP) is 1.66. The number of hydrogen-bond acceptors (Lipinski definition) is 5. The summed E-state index contributed by atoms with van der Waals surface area (Å²) in [5, 5.41) is 2.70. The van der Waals surface area contributed by atoms with E-state index in [1.165, 1.54) is 50.3 Å². The summed E-state index contributed by atoms with van der Waals surface area (Å²) in [6, 6.07) is 12.4. The maximum atomic E-state index is 12.5. The zero-order chi connectivity index (χ0) is 20.9. The Morgan fingerprint density at radius 1 is 0.964 bits per heavy atom. The third kappa shape index (κ3) is 5.08. The number of nitrogens with one attached hydrogen (secondary N) is 1. The SMILES string of the molecule is COc1ccc(NC(=O)CN(C)C(=O)c2ccc(S(=O)(=O)N(C)C)cc2)cc1. The fourth-order valence-corrected chi connectivity index (χ4v) is 3.26. The van der Waals surface area contributed by atoms with E-state index in [1.807, 2.05) is 0 Å². The van der Waals surface area contributed by atoms with Crippen LogP contribution in [0.4, 0.5) is 5.69 Å². The number of likely N-dealkylation sites (N-methyl/N-ethyl adjacent to an activating group) is 1. The number of rotatable bonds is 7. The van der Waals surface area contributed by atoms with Gasteiger partial charge < -0.3 is 15.0 Å².